The van der Waals surface area contributed by atoms with E-state index in [1.807, 2.05) is 31.2 Å². The summed E-state index contributed by atoms with van der Waals surface area (Å²) in [6.07, 6.45) is 0.589. The van der Waals surface area contributed by atoms with E-state index in [2.05, 4.69) is 21.2 Å². The molecule has 0 radical (unpaired) electrons. The fraction of sp³-hybridized carbons (Fsp3) is 0.235. The monoisotopic (exact) mass is 367 g/mol. The van der Waals surface area contributed by atoms with E-state index >= 15 is 0 Å². The molecular formula is C17H16BrF2NO. The minimum Gasteiger partial charge on any atom is -0.350 e. The number of aryl methyl sites for hydroxylation is 1. The number of benzene rings is 2. The minimum atomic E-state index is -0.889. The summed E-state index contributed by atoms with van der Waals surface area (Å²) in [6.45, 7) is 1.90. The second-order valence-corrected chi connectivity index (χ2v) is 5.91. The Morgan fingerprint density at radius 3 is 2.59 bits per heavy atom. The molecule has 1 atom stereocenters. The predicted molar refractivity (Wildman–Crippen MR) is 85.4 cm³/mol. The maximum Gasteiger partial charge on any atom is 0.220 e. The Hall–Kier alpha value is -1.75. The Bertz CT molecular complexity index is 675. The van der Waals surface area contributed by atoms with Crippen LogP contribution in [-0.2, 0) is 11.2 Å². The smallest absolute Gasteiger partial charge is 0.220 e. The molecule has 1 unspecified atom stereocenters. The molecule has 0 saturated carbocycles. The Balaban J connectivity index is 1.90. The van der Waals surface area contributed by atoms with Crippen LogP contribution in [0.2, 0.25) is 0 Å². The molecule has 0 aliphatic carbocycles. The van der Waals surface area contributed by atoms with Gasteiger partial charge in [0.25, 0.3) is 0 Å². The molecule has 0 aliphatic rings. The number of halogens is 3. The Morgan fingerprint density at radius 2 is 1.91 bits per heavy atom. The molecular weight excluding hydrogens is 352 g/mol. The van der Waals surface area contributed by atoms with Crippen molar-refractivity contribution in [3.05, 3.63) is 69.7 Å². The summed E-state index contributed by atoms with van der Waals surface area (Å²) in [4.78, 5) is 12.0. The number of carbonyl (C=O) groups is 1. The van der Waals surface area contributed by atoms with Crippen LogP contribution < -0.4 is 5.32 Å². The van der Waals surface area contributed by atoms with Crippen molar-refractivity contribution >= 4 is 21.8 Å². The van der Waals surface area contributed by atoms with Gasteiger partial charge in [0, 0.05) is 10.9 Å². The molecule has 0 aromatic heterocycles. The lowest BCUT2D eigenvalue weighted by Gasteiger charge is -2.15. The molecule has 0 saturated heterocycles. The van der Waals surface area contributed by atoms with E-state index in [0.29, 0.717) is 12.0 Å². The molecule has 0 bridgehead atoms. The number of hydrogen-bond donors (Lipinski definition) is 1. The van der Waals surface area contributed by atoms with Crippen LogP contribution in [0.4, 0.5) is 8.78 Å². The standard InChI is InChI=1S/C17H16BrF2NO/c1-11(13-4-2-3-5-14(13)18)21-17(22)9-7-12-6-8-15(19)16(20)10-12/h2-6,8,10-11H,7,9H2,1H3,(H,21,22). The minimum absolute atomic E-state index is 0.131. The van der Waals surface area contributed by atoms with Gasteiger partial charge >= 0.3 is 0 Å². The average Bonchev–Trinajstić information content (AvgIpc) is 2.49. The van der Waals surface area contributed by atoms with Crippen molar-refractivity contribution in [3.63, 3.8) is 0 Å². The Morgan fingerprint density at radius 1 is 1.18 bits per heavy atom. The van der Waals surface area contributed by atoms with Crippen LogP contribution in [0, 0.1) is 11.6 Å². The molecule has 22 heavy (non-hydrogen) atoms. The first-order chi connectivity index (χ1) is 10.5. The zero-order chi connectivity index (χ0) is 16.1. The summed E-state index contributed by atoms with van der Waals surface area (Å²) >= 11 is 3.45. The third-order valence-electron chi connectivity index (χ3n) is 3.37. The fourth-order valence-corrected chi connectivity index (χ4v) is 2.80. The lowest BCUT2D eigenvalue weighted by atomic mass is 10.1. The number of hydrogen-bond acceptors (Lipinski definition) is 1. The van der Waals surface area contributed by atoms with Gasteiger partial charge in [0.05, 0.1) is 6.04 Å². The summed E-state index contributed by atoms with van der Waals surface area (Å²) < 4.78 is 26.9. The second kappa shape index (κ2) is 7.49. The van der Waals surface area contributed by atoms with E-state index in [9.17, 15) is 13.6 Å². The van der Waals surface area contributed by atoms with Gasteiger partial charge in [-0.05, 0) is 42.7 Å². The maximum atomic E-state index is 13.1. The molecule has 1 N–H and O–H groups in total. The van der Waals surface area contributed by atoms with E-state index in [4.69, 9.17) is 0 Å². The molecule has 1 amide bonds. The molecule has 0 aliphatic heterocycles. The zero-order valence-corrected chi connectivity index (χ0v) is 13.7. The van der Waals surface area contributed by atoms with E-state index < -0.39 is 11.6 Å². The van der Waals surface area contributed by atoms with E-state index in [1.165, 1.54) is 6.07 Å². The van der Waals surface area contributed by atoms with Crippen molar-refractivity contribution in [1.29, 1.82) is 0 Å². The molecule has 0 spiro atoms. The molecule has 2 nitrogen and oxygen atoms in total. The predicted octanol–water partition coefficient (Wildman–Crippen LogP) is 4.54. The largest absolute Gasteiger partial charge is 0.350 e. The summed E-state index contributed by atoms with van der Waals surface area (Å²) in [5, 5.41) is 2.90. The normalized spacial score (nSPS) is 12.0. The highest BCUT2D eigenvalue weighted by molar-refractivity contribution is 9.10. The first kappa shape index (κ1) is 16.6. The third kappa shape index (κ3) is 4.37. The van der Waals surface area contributed by atoms with Crippen molar-refractivity contribution in [2.45, 2.75) is 25.8 Å². The van der Waals surface area contributed by atoms with Crippen LogP contribution in [0.3, 0.4) is 0 Å². The van der Waals surface area contributed by atoms with Crippen molar-refractivity contribution in [3.8, 4) is 0 Å². The van der Waals surface area contributed by atoms with Crippen LogP contribution in [0.1, 0.15) is 30.5 Å². The highest BCUT2D eigenvalue weighted by Crippen LogP contribution is 2.22. The van der Waals surface area contributed by atoms with Gasteiger partial charge in [0.2, 0.25) is 5.91 Å². The quantitative estimate of drug-likeness (QED) is 0.825. The number of amides is 1. The average molecular weight is 368 g/mol. The van der Waals surface area contributed by atoms with Crippen LogP contribution in [0.5, 0.6) is 0 Å². The van der Waals surface area contributed by atoms with Crippen molar-refractivity contribution in [2.75, 3.05) is 0 Å². The molecule has 2 rings (SSSR count). The topological polar surface area (TPSA) is 29.1 Å². The highest BCUT2D eigenvalue weighted by atomic mass is 79.9. The first-order valence-electron chi connectivity index (χ1n) is 6.95. The number of carbonyl (C=O) groups excluding carboxylic acids is 1. The van der Waals surface area contributed by atoms with Crippen molar-refractivity contribution in [1.82, 2.24) is 5.32 Å². The first-order valence-corrected chi connectivity index (χ1v) is 7.74. The summed E-state index contributed by atoms with van der Waals surface area (Å²) in [7, 11) is 0. The lowest BCUT2D eigenvalue weighted by Crippen LogP contribution is -2.27. The molecule has 116 valence electrons. The fourth-order valence-electron chi connectivity index (χ4n) is 2.17. The number of nitrogens with one attached hydrogen (secondary N) is 1. The number of rotatable bonds is 5. The van der Waals surface area contributed by atoms with Gasteiger partial charge in [-0.2, -0.15) is 0 Å². The summed E-state index contributed by atoms with van der Waals surface area (Å²) in [5.74, 6) is -1.90. The maximum absolute atomic E-state index is 13.1. The van der Waals surface area contributed by atoms with Gasteiger partial charge in [-0.3, -0.25) is 4.79 Å². The van der Waals surface area contributed by atoms with Gasteiger partial charge < -0.3 is 5.32 Å². The van der Waals surface area contributed by atoms with Gasteiger partial charge in [0.15, 0.2) is 11.6 Å². The van der Waals surface area contributed by atoms with Gasteiger partial charge in [-0.15, -0.1) is 0 Å². The molecule has 0 heterocycles. The zero-order valence-electron chi connectivity index (χ0n) is 12.1. The lowest BCUT2D eigenvalue weighted by molar-refractivity contribution is -0.121. The van der Waals surface area contributed by atoms with Gasteiger partial charge in [0.1, 0.15) is 0 Å². The van der Waals surface area contributed by atoms with Crippen LogP contribution >= 0.6 is 15.9 Å². The third-order valence-corrected chi connectivity index (χ3v) is 4.10. The molecule has 0 fully saturated rings. The van der Waals surface area contributed by atoms with Crippen LogP contribution in [-0.4, -0.2) is 5.91 Å². The van der Waals surface area contributed by atoms with Gasteiger partial charge in [-0.25, -0.2) is 8.78 Å². The van der Waals surface area contributed by atoms with Crippen LogP contribution in [0.15, 0.2) is 46.9 Å². The van der Waals surface area contributed by atoms with E-state index in [0.717, 1.165) is 22.2 Å². The Labute approximate surface area is 136 Å². The van der Waals surface area contributed by atoms with E-state index in [1.54, 1.807) is 0 Å². The summed E-state index contributed by atoms with van der Waals surface area (Å²) in [6, 6.07) is 11.2. The second-order valence-electron chi connectivity index (χ2n) is 5.06. The van der Waals surface area contributed by atoms with Crippen LogP contribution in [0.25, 0.3) is 0 Å². The molecule has 2 aromatic rings. The molecule has 2 aromatic carbocycles. The van der Waals surface area contributed by atoms with Gasteiger partial charge in [-0.1, -0.05) is 40.2 Å². The summed E-state index contributed by atoms with van der Waals surface area (Å²) in [5.41, 5.74) is 1.59. The SMILES string of the molecule is CC(NC(=O)CCc1ccc(F)c(F)c1)c1ccccc1Br. The highest BCUT2D eigenvalue weighted by Gasteiger charge is 2.12. The van der Waals surface area contributed by atoms with Crippen molar-refractivity contribution < 1.29 is 13.6 Å². The van der Waals surface area contributed by atoms with Crippen molar-refractivity contribution in [2.24, 2.45) is 0 Å². The molecule has 5 heteroatoms. The Kier molecular flexibility index (Phi) is 5.66. The van der Waals surface area contributed by atoms with E-state index in [-0.39, 0.29) is 18.4 Å².